The lowest BCUT2D eigenvalue weighted by molar-refractivity contribution is 0.664. The number of H-pyrrole nitrogens is 1. The predicted molar refractivity (Wildman–Crippen MR) is 47.7 cm³/mol. The summed E-state index contributed by atoms with van der Waals surface area (Å²) in [6.45, 7) is 2.75. The molecular weight excluding hydrogens is 168 g/mol. The zero-order valence-corrected chi connectivity index (χ0v) is 7.23. The van der Waals surface area contributed by atoms with E-state index in [9.17, 15) is 0 Å². The fourth-order valence-electron chi connectivity index (χ4n) is 1.16. The van der Waals surface area contributed by atoms with Crippen molar-refractivity contribution in [3.63, 3.8) is 0 Å². The Bertz CT molecular complexity index is 401. The number of rotatable bonds is 2. The van der Waals surface area contributed by atoms with Crippen LogP contribution in [0.2, 0.25) is 0 Å². The van der Waals surface area contributed by atoms with Crippen molar-refractivity contribution < 1.29 is 0 Å². The Kier molecular flexibility index (Phi) is 1.73. The van der Waals surface area contributed by atoms with Gasteiger partial charge in [-0.05, 0) is 6.92 Å². The fourth-order valence-corrected chi connectivity index (χ4v) is 1.16. The zero-order valence-electron chi connectivity index (χ0n) is 7.23. The summed E-state index contributed by atoms with van der Waals surface area (Å²) in [6, 6.07) is 0. The Morgan fingerprint density at radius 1 is 1.62 bits per heavy atom. The molecule has 2 heterocycles. The van der Waals surface area contributed by atoms with Gasteiger partial charge in [-0.1, -0.05) is 0 Å². The topological polar surface area (TPSA) is 85.4 Å². The number of nitrogens with zero attached hydrogens (tertiary/aromatic N) is 4. The molecular formula is C7H10N6. The van der Waals surface area contributed by atoms with Crippen LogP contribution in [0.5, 0.6) is 0 Å². The number of anilines is 1. The van der Waals surface area contributed by atoms with Crippen molar-refractivity contribution in [2.75, 3.05) is 5.73 Å². The normalized spacial score (nSPS) is 10.5. The van der Waals surface area contributed by atoms with E-state index in [0.717, 1.165) is 18.1 Å². The number of nitrogens with one attached hydrogen (secondary N) is 1. The Morgan fingerprint density at radius 2 is 2.46 bits per heavy atom. The van der Waals surface area contributed by atoms with Gasteiger partial charge >= 0.3 is 0 Å². The third-order valence-electron chi connectivity index (χ3n) is 1.81. The molecule has 0 aromatic carbocycles. The summed E-state index contributed by atoms with van der Waals surface area (Å²) in [5.74, 6) is 0.720. The number of aromatic nitrogens is 5. The molecule has 0 aliphatic heterocycles. The first-order chi connectivity index (χ1) is 6.33. The Hall–Kier alpha value is -1.85. The molecule has 2 aromatic heterocycles. The number of hydrogen-bond donors (Lipinski definition) is 2. The summed E-state index contributed by atoms with van der Waals surface area (Å²) in [5, 5.41) is 10.6. The van der Waals surface area contributed by atoms with Crippen LogP contribution in [0.1, 0.15) is 6.92 Å². The maximum atomic E-state index is 5.68. The molecule has 0 atom stereocenters. The SMILES string of the molecule is CCn1ncnc1-c1[nH]ncc1N. The molecule has 0 saturated carbocycles. The first kappa shape index (κ1) is 7.78. The molecule has 0 radical (unpaired) electrons. The molecule has 6 heteroatoms. The Morgan fingerprint density at radius 3 is 3.08 bits per heavy atom. The molecule has 0 aliphatic carbocycles. The molecule has 13 heavy (non-hydrogen) atoms. The first-order valence-corrected chi connectivity index (χ1v) is 4.00. The number of nitrogens with two attached hydrogens (primary N) is 1. The summed E-state index contributed by atoms with van der Waals surface area (Å²) in [6.07, 6.45) is 3.06. The van der Waals surface area contributed by atoms with Crippen LogP contribution in [0.4, 0.5) is 5.69 Å². The number of nitrogen functional groups attached to an aromatic ring is 1. The van der Waals surface area contributed by atoms with Crippen molar-refractivity contribution in [1.82, 2.24) is 25.0 Å². The van der Waals surface area contributed by atoms with Gasteiger partial charge < -0.3 is 5.73 Å². The van der Waals surface area contributed by atoms with Crippen molar-refractivity contribution in [3.8, 4) is 11.5 Å². The van der Waals surface area contributed by atoms with Gasteiger partial charge in [-0.2, -0.15) is 10.2 Å². The molecule has 0 spiro atoms. The van der Waals surface area contributed by atoms with Gasteiger partial charge in [0.05, 0.1) is 11.9 Å². The standard InChI is InChI=1S/C7H10N6/c1-2-13-7(9-4-11-13)6-5(8)3-10-12-6/h3-4H,2,8H2,1H3,(H,10,12). The summed E-state index contributed by atoms with van der Waals surface area (Å²) < 4.78 is 1.75. The molecule has 0 aliphatic rings. The Balaban J connectivity index is 2.52. The van der Waals surface area contributed by atoms with Gasteiger partial charge in [-0.25, -0.2) is 9.67 Å². The molecule has 6 nitrogen and oxygen atoms in total. The highest BCUT2D eigenvalue weighted by Crippen LogP contribution is 2.19. The number of aryl methyl sites for hydroxylation is 1. The van der Waals surface area contributed by atoms with Gasteiger partial charge in [0.15, 0.2) is 5.82 Å². The van der Waals surface area contributed by atoms with Crippen LogP contribution in [0.3, 0.4) is 0 Å². The molecule has 0 fully saturated rings. The minimum atomic E-state index is 0.586. The molecule has 0 bridgehead atoms. The van der Waals surface area contributed by atoms with Crippen molar-refractivity contribution in [2.45, 2.75) is 13.5 Å². The van der Waals surface area contributed by atoms with E-state index in [2.05, 4.69) is 20.3 Å². The summed E-state index contributed by atoms with van der Waals surface area (Å²) >= 11 is 0. The van der Waals surface area contributed by atoms with E-state index < -0.39 is 0 Å². The van der Waals surface area contributed by atoms with Crippen LogP contribution in [0.25, 0.3) is 11.5 Å². The highest BCUT2D eigenvalue weighted by Gasteiger charge is 2.10. The highest BCUT2D eigenvalue weighted by atomic mass is 15.3. The third kappa shape index (κ3) is 1.16. The summed E-state index contributed by atoms with van der Waals surface area (Å²) in [5.41, 5.74) is 6.99. The van der Waals surface area contributed by atoms with Gasteiger partial charge in [-0.15, -0.1) is 0 Å². The van der Waals surface area contributed by atoms with E-state index in [-0.39, 0.29) is 0 Å². The van der Waals surface area contributed by atoms with Crippen molar-refractivity contribution in [3.05, 3.63) is 12.5 Å². The van der Waals surface area contributed by atoms with Gasteiger partial charge in [-0.3, -0.25) is 5.10 Å². The second kappa shape index (κ2) is 2.89. The first-order valence-electron chi connectivity index (χ1n) is 4.00. The van der Waals surface area contributed by atoms with E-state index >= 15 is 0 Å². The van der Waals surface area contributed by atoms with Gasteiger partial charge in [0.25, 0.3) is 0 Å². The molecule has 0 saturated heterocycles. The van der Waals surface area contributed by atoms with E-state index in [1.54, 1.807) is 10.9 Å². The smallest absolute Gasteiger partial charge is 0.178 e. The molecule has 2 rings (SSSR count). The van der Waals surface area contributed by atoms with Crippen molar-refractivity contribution in [1.29, 1.82) is 0 Å². The lowest BCUT2D eigenvalue weighted by Crippen LogP contribution is -2.01. The largest absolute Gasteiger partial charge is 0.396 e. The highest BCUT2D eigenvalue weighted by molar-refractivity contribution is 5.65. The Labute approximate surface area is 74.8 Å². The van der Waals surface area contributed by atoms with E-state index in [1.165, 1.54) is 6.33 Å². The molecule has 0 amide bonds. The average Bonchev–Trinajstić information content (AvgIpc) is 2.71. The fraction of sp³-hybridized carbons (Fsp3) is 0.286. The monoisotopic (exact) mass is 178 g/mol. The minimum absolute atomic E-state index is 0.586. The van der Waals surface area contributed by atoms with E-state index in [0.29, 0.717) is 5.69 Å². The zero-order chi connectivity index (χ0) is 9.26. The molecule has 68 valence electrons. The quantitative estimate of drug-likeness (QED) is 0.691. The van der Waals surface area contributed by atoms with Crippen molar-refractivity contribution in [2.24, 2.45) is 0 Å². The number of hydrogen-bond acceptors (Lipinski definition) is 4. The predicted octanol–water partition coefficient (Wildman–Crippen LogP) is 0.270. The lowest BCUT2D eigenvalue weighted by atomic mass is 10.3. The third-order valence-corrected chi connectivity index (χ3v) is 1.81. The van der Waals surface area contributed by atoms with Gasteiger partial charge in [0.1, 0.15) is 12.0 Å². The van der Waals surface area contributed by atoms with Crippen LogP contribution in [-0.2, 0) is 6.54 Å². The number of aromatic amines is 1. The van der Waals surface area contributed by atoms with Crippen LogP contribution < -0.4 is 5.73 Å². The van der Waals surface area contributed by atoms with Crippen molar-refractivity contribution >= 4 is 5.69 Å². The van der Waals surface area contributed by atoms with Crippen LogP contribution in [-0.4, -0.2) is 25.0 Å². The summed E-state index contributed by atoms with van der Waals surface area (Å²) in [7, 11) is 0. The van der Waals surface area contributed by atoms with Crippen LogP contribution >= 0.6 is 0 Å². The van der Waals surface area contributed by atoms with Gasteiger partial charge in [0, 0.05) is 6.54 Å². The van der Waals surface area contributed by atoms with Crippen LogP contribution in [0, 0.1) is 0 Å². The van der Waals surface area contributed by atoms with Gasteiger partial charge in [0.2, 0.25) is 0 Å². The average molecular weight is 178 g/mol. The second-order valence-corrected chi connectivity index (χ2v) is 2.60. The second-order valence-electron chi connectivity index (χ2n) is 2.60. The summed E-state index contributed by atoms with van der Waals surface area (Å²) in [4.78, 5) is 4.09. The maximum Gasteiger partial charge on any atom is 0.178 e. The molecule has 2 aromatic rings. The van der Waals surface area contributed by atoms with E-state index in [4.69, 9.17) is 5.73 Å². The maximum absolute atomic E-state index is 5.68. The van der Waals surface area contributed by atoms with Crippen LogP contribution in [0.15, 0.2) is 12.5 Å². The molecule has 0 unspecified atom stereocenters. The molecule has 3 N–H and O–H groups in total. The van der Waals surface area contributed by atoms with E-state index in [1.807, 2.05) is 6.92 Å². The lowest BCUT2D eigenvalue weighted by Gasteiger charge is -2.00. The minimum Gasteiger partial charge on any atom is -0.396 e.